The van der Waals surface area contributed by atoms with E-state index in [4.69, 9.17) is 9.73 Å². The van der Waals surface area contributed by atoms with Gasteiger partial charge in [0.2, 0.25) is 0 Å². The Hall–Kier alpha value is -2.12. The molecule has 0 aliphatic heterocycles. The maximum absolute atomic E-state index is 5.95. The molecular formula is C20H31N5OS. The number of aromatic nitrogens is 1. The normalized spacial score (nSPS) is 11.7. The van der Waals surface area contributed by atoms with Gasteiger partial charge >= 0.3 is 0 Å². The van der Waals surface area contributed by atoms with Crippen LogP contribution in [0.1, 0.15) is 23.2 Å². The molecule has 0 aliphatic rings. The molecule has 0 fully saturated rings. The van der Waals surface area contributed by atoms with Crippen LogP contribution in [-0.4, -0.2) is 61.6 Å². The summed E-state index contributed by atoms with van der Waals surface area (Å²) in [6, 6.07) is 8.11. The third-order valence-corrected chi connectivity index (χ3v) is 4.75. The van der Waals surface area contributed by atoms with Crippen molar-refractivity contribution in [2.75, 3.05) is 40.8 Å². The first kappa shape index (κ1) is 21.2. The molecule has 2 rings (SSSR count). The van der Waals surface area contributed by atoms with E-state index < -0.39 is 0 Å². The highest BCUT2D eigenvalue weighted by atomic mass is 32.1. The first-order chi connectivity index (χ1) is 13.0. The molecule has 148 valence electrons. The number of nitrogens with zero attached hydrogens (tertiary/aromatic N) is 4. The molecule has 2 aromatic rings. The van der Waals surface area contributed by atoms with Crippen LogP contribution in [0.2, 0.25) is 0 Å². The maximum atomic E-state index is 5.95. The molecule has 0 unspecified atom stereocenters. The monoisotopic (exact) mass is 389 g/mol. The fraction of sp³-hybridized carbons (Fsp3) is 0.500. The topological polar surface area (TPSA) is 53.0 Å². The average Bonchev–Trinajstić information content (AvgIpc) is 3.04. The largest absolute Gasteiger partial charge is 0.492 e. The van der Waals surface area contributed by atoms with Gasteiger partial charge in [0.25, 0.3) is 0 Å². The number of hydrogen-bond donors (Lipinski definition) is 1. The number of aliphatic imine (C=N–C) groups is 1. The predicted octanol–water partition coefficient (Wildman–Crippen LogP) is 2.99. The minimum Gasteiger partial charge on any atom is -0.492 e. The highest BCUT2D eigenvalue weighted by molar-refractivity contribution is 7.09. The lowest BCUT2D eigenvalue weighted by Crippen LogP contribution is -2.38. The first-order valence-electron chi connectivity index (χ1n) is 9.25. The Labute approximate surface area is 166 Å². The Bertz CT molecular complexity index is 729. The molecule has 0 amide bonds. The van der Waals surface area contributed by atoms with Crippen LogP contribution in [0.5, 0.6) is 5.75 Å². The summed E-state index contributed by atoms with van der Waals surface area (Å²) in [5.74, 6) is 1.77. The van der Waals surface area contributed by atoms with Crippen molar-refractivity contribution >= 4 is 17.3 Å². The molecule has 7 heteroatoms. The Morgan fingerprint density at radius 1 is 1.26 bits per heavy atom. The minimum absolute atomic E-state index is 0.570. The predicted molar refractivity (Wildman–Crippen MR) is 114 cm³/mol. The van der Waals surface area contributed by atoms with Gasteiger partial charge in [0.05, 0.1) is 23.8 Å². The van der Waals surface area contributed by atoms with Crippen LogP contribution < -0.4 is 10.1 Å². The third-order valence-electron chi connectivity index (χ3n) is 3.93. The molecule has 0 aliphatic carbocycles. The van der Waals surface area contributed by atoms with Crippen molar-refractivity contribution in [3.63, 3.8) is 0 Å². The molecule has 1 aromatic carbocycles. The summed E-state index contributed by atoms with van der Waals surface area (Å²) in [7, 11) is 6.12. The molecular weight excluding hydrogens is 358 g/mol. The Morgan fingerprint density at radius 2 is 2.04 bits per heavy atom. The van der Waals surface area contributed by atoms with Gasteiger partial charge in [0.15, 0.2) is 5.96 Å². The summed E-state index contributed by atoms with van der Waals surface area (Å²) < 4.78 is 5.95. The maximum Gasteiger partial charge on any atom is 0.194 e. The lowest BCUT2D eigenvalue weighted by atomic mass is 10.2. The van der Waals surface area contributed by atoms with E-state index >= 15 is 0 Å². The van der Waals surface area contributed by atoms with E-state index in [0.717, 1.165) is 47.6 Å². The van der Waals surface area contributed by atoms with Gasteiger partial charge in [-0.25, -0.2) is 9.98 Å². The second-order valence-corrected chi connectivity index (χ2v) is 7.71. The quantitative estimate of drug-likeness (QED) is 0.528. The van der Waals surface area contributed by atoms with Crippen LogP contribution in [0.15, 0.2) is 34.6 Å². The molecule has 0 bridgehead atoms. The minimum atomic E-state index is 0.570. The smallest absolute Gasteiger partial charge is 0.194 e. The summed E-state index contributed by atoms with van der Waals surface area (Å²) in [6.07, 6.45) is 0. The molecule has 0 saturated heterocycles. The number of para-hydroxylation sites is 1. The van der Waals surface area contributed by atoms with E-state index in [1.54, 1.807) is 11.3 Å². The Kier molecular flexibility index (Phi) is 8.54. The number of thiazole rings is 1. The fourth-order valence-electron chi connectivity index (χ4n) is 2.54. The second-order valence-electron chi connectivity index (χ2n) is 6.64. The van der Waals surface area contributed by atoms with Crippen molar-refractivity contribution in [2.45, 2.75) is 26.9 Å². The molecule has 27 heavy (non-hydrogen) atoms. The zero-order chi connectivity index (χ0) is 19.6. The summed E-state index contributed by atoms with van der Waals surface area (Å²) in [5.41, 5.74) is 2.16. The number of guanidine groups is 1. The van der Waals surface area contributed by atoms with Gasteiger partial charge in [-0.15, -0.1) is 11.3 Å². The second kappa shape index (κ2) is 10.9. The highest BCUT2D eigenvalue weighted by Gasteiger charge is 2.10. The van der Waals surface area contributed by atoms with Gasteiger partial charge in [0.1, 0.15) is 12.4 Å². The first-order valence-corrected chi connectivity index (χ1v) is 10.1. The zero-order valence-electron chi connectivity index (χ0n) is 17.0. The van der Waals surface area contributed by atoms with Gasteiger partial charge in [-0.3, -0.25) is 0 Å². The SMILES string of the molecule is CCNC(=NCc1ccccc1OCCN(C)C)N(C)Cc1csc(C)n1. The van der Waals surface area contributed by atoms with Crippen LogP contribution in [0.25, 0.3) is 0 Å². The van der Waals surface area contributed by atoms with Crippen LogP contribution >= 0.6 is 11.3 Å². The highest BCUT2D eigenvalue weighted by Crippen LogP contribution is 2.19. The summed E-state index contributed by atoms with van der Waals surface area (Å²) in [6.45, 7) is 7.78. The molecule has 6 nitrogen and oxygen atoms in total. The Balaban J connectivity index is 2.05. The Morgan fingerprint density at radius 3 is 2.70 bits per heavy atom. The van der Waals surface area contributed by atoms with Crippen molar-refractivity contribution in [3.8, 4) is 5.75 Å². The van der Waals surface area contributed by atoms with Crippen LogP contribution in [0.4, 0.5) is 0 Å². The van der Waals surface area contributed by atoms with E-state index in [0.29, 0.717) is 13.2 Å². The van der Waals surface area contributed by atoms with E-state index in [9.17, 15) is 0 Å². The lowest BCUT2D eigenvalue weighted by molar-refractivity contribution is 0.259. The number of aryl methyl sites for hydroxylation is 1. The average molecular weight is 390 g/mol. The number of ether oxygens (including phenoxy) is 1. The molecule has 1 heterocycles. The zero-order valence-corrected chi connectivity index (χ0v) is 17.8. The number of likely N-dealkylation sites (N-methyl/N-ethyl adjacent to an activating group) is 1. The van der Waals surface area contributed by atoms with Crippen molar-refractivity contribution in [1.29, 1.82) is 0 Å². The molecule has 0 saturated carbocycles. The molecule has 1 aromatic heterocycles. The van der Waals surface area contributed by atoms with E-state index in [1.165, 1.54) is 0 Å². The van der Waals surface area contributed by atoms with Gasteiger partial charge in [-0.1, -0.05) is 18.2 Å². The van der Waals surface area contributed by atoms with E-state index in [-0.39, 0.29) is 0 Å². The van der Waals surface area contributed by atoms with Gasteiger partial charge in [0, 0.05) is 31.1 Å². The fourth-order valence-corrected chi connectivity index (χ4v) is 3.15. The van der Waals surface area contributed by atoms with Crippen molar-refractivity contribution in [2.24, 2.45) is 4.99 Å². The van der Waals surface area contributed by atoms with Crippen LogP contribution in [-0.2, 0) is 13.1 Å². The standard InChI is InChI=1S/C20H31N5OS/c1-6-21-20(25(5)14-18-15-27-16(2)23-18)22-13-17-9-7-8-10-19(17)26-12-11-24(3)4/h7-10,15H,6,11-14H2,1-5H3,(H,21,22). The van der Waals surface area contributed by atoms with Crippen LogP contribution in [0.3, 0.4) is 0 Å². The van der Waals surface area contributed by atoms with E-state index in [2.05, 4.69) is 38.5 Å². The summed E-state index contributed by atoms with van der Waals surface area (Å²) in [4.78, 5) is 13.6. The molecule has 0 radical (unpaired) electrons. The van der Waals surface area contributed by atoms with E-state index in [1.807, 2.05) is 46.3 Å². The molecule has 1 N–H and O–H groups in total. The van der Waals surface area contributed by atoms with Crippen LogP contribution in [0, 0.1) is 6.92 Å². The van der Waals surface area contributed by atoms with Crippen molar-refractivity contribution in [3.05, 3.63) is 45.9 Å². The third kappa shape index (κ3) is 7.19. The number of rotatable bonds is 9. The summed E-state index contributed by atoms with van der Waals surface area (Å²) in [5, 5.41) is 6.55. The lowest BCUT2D eigenvalue weighted by Gasteiger charge is -2.21. The number of hydrogen-bond acceptors (Lipinski definition) is 5. The van der Waals surface area contributed by atoms with Gasteiger partial charge in [-0.05, 0) is 34.0 Å². The van der Waals surface area contributed by atoms with Crippen molar-refractivity contribution < 1.29 is 4.74 Å². The molecule has 0 spiro atoms. The van der Waals surface area contributed by atoms with Gasteiger partial charge in [-0.2, -0.15) is 0 Å². The number of nitrogens with one attached hydrogen (secondary N) is 1. The summed E-state index contributed by atoms with van der Waals surface area (Å²) >= 11 is 1.68. The van der Waals surface area contributed by atoms with Crippen molar-refractivity contribution in [1.82, 2.24) is 20.1 Å². The van der Waals surface area contributed by atoms with Gasteiger partial charge < -0.3 is 19.9 Å². The molecule has 0 atom stereocenters. The number of benzene rings is 1.